The van der Waals surface area contributed by atoms with E-state index in [9.17, 15) is 19.5 Å². The largest absolute Gasteiger partial charge is 0.508 e. The second-order valence-electron chi connectivity index (χ2n) is 5.39. The van der Waals surface area contributed by atoms with E-state index in [1.807, 2.05) is 0 Å². The van der Waals surface area contributed by atoms with Crippen LogP contribution in [0.2, 0.25) is 0 Å². The van der Waals surface area contributed by atoms with Crippen LogP contribution < -0.4 is 5.32 Å². The van der Waals surface area contributed by atoms with Crippen LogP contribution in [0.4, 0.5) is 0 Å². The minimum absolute atomic E-state index is 0.0715. The Labute approximate surface area is 134 Å². The van der Waals surface area contributed by atoms with Crippen molar-refractivity contribution >= 4 is 17.8 Å². The highest BCUT2D eigenvalue weighted by Crippen LogP contribution is 2.18. The summed E-state index contributed by atoms with van der Waals surface area (Å²) in [5.74, 6) is -0.966. The molecule has 0 spiro atoms. The molecule has 1 fully saturated rings. The molecule has 1 aromatic rings. The number of amides is 2. The maximum Gasteiger partial charge on any atom is 0.328 e. The number of phenolic OH excluding ortho intramolecular Hbond substituents is 1. The topological polar surface area (TPSA) is 95.9 Å². The van der Waals surface area contributed by atoms with E-state index in [1.165, 1.54) is 24.1 Å². The van der Waals surface area contributed by atoms with Gasteiger partial charge in [0, 0.05) is 6.54 Å². The SMILES string of the molecule is COC(=O)C1CCCN1C(=O)CNC(=O)Cc1cccc(O)c1. The van der Waals surface area contributed by atoms with Crippen molar-refractivity contribution in [2.45, 2.75) is 25.3 Å². The van der Waals surface area contributed by atoms with Crippen LogP contribution in [0.25, 0.3) is 0 Å². The normalized spacial score (nSPS) is 16.9. The first kappa shape index (κ1) is 16.8. The first-order chi connectivity index (χ1) is 11.0. The van der Waals surface area contributed by atoms with E-state index in [1.54, 1.807) is 12.1 Å². The van der Waals surface area contributed by atoms with E-state index in [-0.39, 0.29) is 30.5 Å². The van der Waals surface area contributed by atoms with Crippen LogP contribution >= 0.6 is 0 Å². The molecule has 1 heterocycles. The number of nitrogens with zero attached hydrogens (tertiary/aromatic N) is 1. The molecule has 1 aliphatic heterocycles. The summed E-state index contributed by atoms with van der Waals surface area (Å²) in [4.78, 5) is 37.1. The van der Waals surface area contributed by atoms with Gasteiger partial charge in [-0.3, -0.25) is 9.59 Å². The molecule has 0 aliphatic carbocycles. The van der Waals surface area contributed by atoms with Crippen molar-refractivity contribution in [1.29, 1.82) is 0 Å². The highest BCUT2D eigenvalue weighted by molar-refractivity contribution is 5.89. The molecule has 124 valence electrons. The molecule has 0 saturated carbocycles. The molecule has 1 atom stereocenters. The summed E-state index contributed by atoms with van der Waals surface area (Å²) in [6.45, 7) is 0.326. The number of esters is 1. The average molecular weight is 320 g/mol. The Balaban J connectivity index is 1.84. The zero-order chi connectivity index (χ0) is 16.8. The van der Waals surface area contributed by atoms with Crippen molar-refractivity contribution in [1.82, 2.24) is 10.2 Å². The van der Waals surface area contributed by atoms with Crippen LogP contribution in [0.1, 0.15) is 18.4 Å². The quantitative estimate of drug-likeness (QED) is 0.756. The number of rotatable bonds is 5. The number of hydrogen-bond acceptors (Lipinski definition) is 5. The molecule has 0 radical (unpaired) electrons. The van der Waals surface area contributed by atoms with Crippen LogP contribution in [0.15, 0.2) is 24.3 Å². The first-order valence-electron chi connectivity index (χ1n) is 7.43. The van der Waals surface area contributed by atoms with E-state index in [0.717, 1.165) is 6.42 Å². The second-order valence-corrected chi connectivity index (χ2v) is 5.39. The number of phenols is 1. The molecule has 0 aromatic heterocycles. The Morgan fingerprint density at radius 2 is 2.17 bits per heavy atom. The Bertz CT molecular complexity index is 602. The van der Waals surface area contributed by atoms with Crippen LogP contribution in [0, 0.1) is 0 Å². The summed E-state index contributed by atoms with van der Waals surface area (Å²) in [6, 6.07) is 5.82. The summed E-state index contributed by atoms with van der Waals surface area (Å²) >= 11 is 0. The standard InChI is InChI=1S/C16H20N2O5/c1-23-16(22)13-6-3-7-18(13)15(21)10-17-14(20)9-11-4-2-5-12(19)8-11/h2,4-5,8,13,19H,3,6-7,9-10H2,1H3,(H,17,20). The van der Waals surface area contributed by atoms with Gasteiger partial charge < -0.3 is 20.1 Å². The summed E-state index contributed by atoms with van der Waals surface area (Å²) in [6.07, 6.45) is 1.39. The molecule has 7 nitrogen and oxygen atoms in total. The Morgan fingerprint density at radius 3 is 2.87 bits per heavy atom. The molecule has 1 aliphatic rings. The lowest BCUT2D eigenvalue weighted by atomic mass is 10.1. The predicted molar refractivity (Wildman–Crippen MR) is 81.6 cm³/mol. The fourth-order valence-corrected chi connectivity index (χ4v) is 2.64. The molecule has 1 unspecified atom stereocenters. The highest BCUT2D eigenvalue weighted by atomic mass is 16.5. The fraction of sp³-hybridized carbons (Fsp3) is 0.438. The molecule has 1 aromatic carbocycles. The van der Waals surface area contributed by atoms with Crippen molar-refractivity contribution in [3.63, 3.8) is 0 Å². The van der Waals surface area contributed by atoms with Crippen LogP contribution in [0.5, 0.6) is 5.75 Å². The summed E-state index contributed by atoms with van der Waals surface area (Å²) in [5.41, 5.74) is 0.656. The third kappa shape index (κ3) is 4.45. The van der Waals surface area contributed by atoms with E-state index >= 15 is 0 Å². The van der Waals surface area contributed by atoms with Gasteiger partial charge in [-0.15, -0.1) is 0 Å². The maximum atomic E-state index is 12.2. The van der Waals surface area contributed by atoms with E-state index in [0.29, 0.717) is 18.5 Å². The van der Waals surface area contributed by atoms with E-state index in [4.69, 9.17) is 0 Å². The van der Waals surface area contributed by atoms with Gasteiger partial charge in [-0.25, -0.2) is 4.79 Å². The van der Waals surface area contributed by atoms with Crippen molar-refractivity contribution in [2.75, 3.05) is 20.2 Å². The van der Waals surface area contributed by atoms with Gasteiger partial charge in [-0.1, -0.05) is 12.1 Å². The van der Waals surface area contributed by atoms with Gasteiger partial charge in [0.25, 0.3) is 0 Å². The number of likely N-dealkylation sites (tertiary alicyclic amines) is 1. The van der Waals surface area contributed by atoms with Crippen LogP contribution in [0.3, 0.4) is 0 Å². The number of carbonyl (C=O) groups excluding carboxylic acids is 3. The molecule has 2 amide bonds. The van der Waals surface area contributed by atoms with Gasteiger partial charge in [0.05, 0.1) is 20.1 Å². The lowest BCUT2D eigenvalue weighted by Crippen LogP contribution is -2.46. The molecular formula is C16H20N2O5. The van der Waals surface area contributed by atoms with E-state index in [2.05, 4.69) is 10.1 Å². The lowest BCUT2D eigenvalue weighted by molar-refractivity contribution is -0.150. The van der Waals surface area contributed by atoms with Crippen molar-refractivity contribution < 1.29 is 24.2 Å². The number of ether oxygens (including phenoxy) is 1. The number of benzene rings is 1. The number of carbonyl (C=O) groups is 3. The Morgan fingerprint density at radius 1 is 1.39 bits per heavy atom. The van der Waals surface area contributed by atoms with Crippen molar-refractivity contribution in [3.05, 3.63) is 29.8 Å². The zero-order valence-electron chi connectivity index (χ0n) is 12.9. The molecule has 0 bridgehead atoms. The summed E-state index contributed by atoms with van der Waals surface area (Å²) in [5, 5.41) is 11.9. The summed E-state index contributed by atoms with van der Waals surface area (Å²) < 4.78 is 4.69. The van der Waals surface area contributed by atoms with Gasteiger partial charge >= 0.3 is 5.97 Å². The maximum absolute atomic E-state index is 12.2. The number of aromatic hydroxyl groups is 1. The van der Waals surface area contributed by atoms with Gasteiger partial charge in [0.15, 0.2) is 0 Å². The van der Waals surface area contributed by atoms with Crippen molar-refractivity contribution in [3.8, 4) is 5.75 Å². The third-order valence-corrected chi connectivity index (χ3v) is 3.76. The Hall–Kier alpha value is -2.57. The predicted octanol–water partition coefficient (Wildman–Crippen LogP) is 0.215. The monoisotopic (exact) mass is 320 g/mol. The van der Waals surface area contributed by atoms with Gasteiger partial charge in [0.2, 0.25) is 11.8 Å². The molecule has 23 heavy (non-hydrogen) atoms. The average Bonchev–Trinajstić information content (AvgIpc) is 3.01. The number of hydrogen-bond donors (Lipinski definition) is 2. The minimum atomic E-state index is -0.560. The van der Waals surface area contributed by atoms with Crippen molar-refractivity contribution in [2.24, 2.45) is 0 Å². The van der Waals surface area contributed by atoms with Crippen LogP contribution in [-0.4, -0.2) is 54.0 Å². The van der Waals surface area contributed by atoms with Gasteiger partial charge in [0.1, 0.15) is 11.8 Å². The fourth-order valence-electron chi connectivity index (χ4n) is 2.64. The lowest BCUT2D eigenvalue weighted by Gasteiger charge is -2.22. The first-order valence-corrected chi connectivity index (χ1v) is 7.43. The molecule has 2 N–H and O–H groups in total. The van der Waals surface area contributed by atoms with E-state index < -0.39 is 12.0 Å². The van der Waals surface area contributed by atoms with Gasteiger partial charge in [-0.2, -0.15) is 0 Å². The number of nitrogens with one attached hydrogen (secondary N) is 1. The second kappa shape index (κ2) is 7.62. The molecular weight excluding hydrogens is 300 g/mol. The Kier molecular flexibility index (Phi) is 5.56. The number of methoxy groups -OCH3 is 1. The van der Waals surface area contributed by atoms with Crippen LogP contribution in [-0.2, 0) is 25.5 Å². The highest BCUT2D eigenvalue weighted by Gasteiger charge is 2.34. The smallest absolute Gasteiger partial charge is 0.328 e. The third-order valence-electron chi connectivity index (χ3n) is 3.76. The molecule has 7 heteroatoms. The molecule has 1 saturated heterocycles. The van der Waals surface area contributed by atoms with Gasteiger partial charge in [-0.05, 0) is 30.5 Å². The molecule has 2 rings (SSSR count). The zero-order valence-corrected chi connectivity index (χ0v) is 12.9. The minimum Gasteiger partial charge on any atom is -0.508 e. The summed E-state index contributed by atoms with van der Waals surface area (Å²) in [7, 11) is 1.29.